The summed E-state index contributed by atoms with van der Waals surface area (Å²) in [6, 6.07) is 1.03. The van der Waals surface area contributed by atoms with Gasteiger partial charge in [-0.05, 0) is 18.9 Å². The Morgan fingerprint density at radius 1 is 1.31 bits per heavy atom. The number of rotatable bonds is 6. The fraction of sp³-hybridized carbons (Fsp3) is 0.688. The summed E-state index contributed by atoms with van der Waals surface area (Å²) in [6.45, 7) is 8.82. The minimum absolute atomic E-state index is 0.00680. The molecule has 10 heteroatoms. The van der Waals surface area contributed by atoms with Crippen molar-refractivity contribution in [3.05, 3.63) is 15.6 Å². The zero-order chi connectivity index (χ0) is 18.9. The monoisotopic (exact) mass is 399 g/mol. The van der Waals surface area contributed by atoms with E-state index in [1.807, 2.05) is 0 Å². The first-order valence-corrected chi connectivity index (χ1v) is 13.0. The number of halogens is 1. The molecule has 26 heavy (non-hydrogen) atoms. The van der Waals surface area contributed by atoms with Crippen LogP contribution in [0.2, 0.25) is 30.8 Å². The predicted molar refractivity (Wildman–Crippen MR) is 104 cm³/mol. The van der Waals surface area contributed by atoms with Crippen LogP contribution in [0.25, 0.3) is 11.2 Å². The molecule has 3 heterocycles. The third-order valence-corrected chi connectivity index (χ3v) is 6.52. The van der Waals surface area contributed by atoms with E-state index in [1.165, 1.54) is 4.57 Å². The van der Waals surface area contributed by atoms with E-state index in [2.05, 4.69) is 29.6 Å². The fourth-order valence-corrected chi connectivity index (χ4v) is 4.10. The number of fused-ring (bicyclic) bond motifs is 1. The summed E-state index contributed by atoms with van der Waals surface area (Å²) >= 11 is 6.30. The van der Waals surface area contributed by atoms with Crippen molar-refractivity contribution in [3.8, 4) is 0 Å². The molecule has 0 radical (unpaired) electrons. The van der Waals surface area contributed by atoms with Crippen molar-refractivity contribution < 1.29 is 9.47 Å². The highest BCUT2D eigenvalue weighted by atomic mass is 35.5. The number of aromatic nitrogens is 4. The SMILES string of the molecule is C[Si](C)(C)CCOCn1c(=O)n(C2CCOCC2)c2nc(N)nc(Cl)c21. The van der Waals surface area contributed by atoms with Crippen molar-refractivity contribution >= 4 is 36.8 Å². The molecule has 2 aromatic heterocycles. The Hall–Kier alpha value is -1.42. The molecule has 2 aromatic rings. The van der Waals surface area contributed by atoms with Gasteiger partial charge in [-0.2, -0.15) is 9.97 Å². The summed E-state index contributed by atoms with van der Waals surface area (Å²) in [5, 5.41) is 0.171. The zero-order valence-corrected chi connectivity index (χ0v) is 17.3. The summed E-state index contributed by atoms with van der Waals surface area (Å²) in [6.07, 6.45) is 1.49. The number of anilines is 1. The van der Waals surface area contributed by atoms with Gasteiger partial charge in [-0.25, -0.2) is 4.79 Å². The summed E-state index contributed by atoms with van der Waals surface area (Å²) in [4.78, 5) is 21.4. The van der Waals surface area contributed by atoms with Crippen LogP contribution in [0, 0.1) is 0 Å². The van der Waals surface area contributed by atoms with Crippen LogP contribution in [0.3, 0.4) is 0 Å². The highest BCUT2D eigenvalue weighted by Gasteiger charge is 2.26. The van der Waals surface area contributed by atoms with Crippen LogP contribution >= 0.6 is 11.6 Å². The van der Waals surface area contributed by atoms with Gasteiger partial charge < -0.3 is 15.2 Å². The first kappa shape index (κ1) is 19.3. The molecule has 1 aliphatic heterocycles. The van der Waals surface area contributed by atoms with Crippen LogP contribution in [0.4, 0.5) is 5.95 Å². The Kier molecular flexibility index (Phi) is 5.71. The van der Waals surface area contributed by atoms with E-state index in [0.717, 1.165) is 18.9 Å². The second-order valence-electron chi connectivity index (χ2n) is 7.82. The molecule has 2 N–H and O–H groups in total. The molecule has 0 aromatic carbocycles. The maximum Gasteiger partial charge on any atom is 0.332 e. The lowest BCUT2D eigenvalue weighted by Crippen LogP contribution is -2.31. The first-order chi connectivity index (χ1) is 12.3. The number of nitrogen functional groups attached to an aromatic ring is 1. The quantitative estimate of drug-likeness (QED) is 0.455. The van der Waals surface area contributed by atoms with Crippen LogP contribution in [0.1, 0.15) is 18.9 Å². The van der Waals surface area contributed by atoms with E-state index in [4.69, 9.17) is 26.8 Å². The highest BCUT2D eigenvalue weighted by Crippen LogP contribution is 2.27. The Balaban J connectivity index is 1.97. The van der Waals surface area contributed by atoms with E-state index in [1.54, 1.807) is 4.57 Å². The molecular weight excluding hydrogens is 374 g/mol. The number of hydrogen-bond acceptors (Lipinski definition) is 6. The van der Waals surface area contributed by atoms with E-state index in [-0.39, 0.29) is 29.6 Å². The summed E-state index contributed by atoms with van der Waals surface area (Å²) in [7, 11) is -1.20. The van der Waals surface area contributed by atoms with E-state index < -0.39 is 8.07 Å². The van der Waals surface area contributed by atoms with Gasteiger partial charge >= 0.3 is 5.69 Å². The second-order valence-corrected chi connectivity index (χ2v) is 13.8. The molecule has 1 saturated heterocycles. The lowest BCUT2D eigenvalue weighted by Gasteiger charge is -2.22. The maximum atomic E-state index is 13.1. The maximum absolute atomic E-state index is 13.1. The molecule has 0 amide bonds. The van der Waals surface area contributed by atoms with Gasteiger partial charge in [0.2, 0.25) is 5.95 Å². The number of nitrogens with two attached hydrogens (primary N) is 1. The molecule has 144 valence electrons. The second kappa shape index (κ2) is 7.67. The van der Waals surface area contributed by atoms with Crippen LogP contribution in [-0.4, -0.2) is 47.0 Å². The first-order valence-electron chi connectivity index (χ1n) is 8.87. The molecule has 3 rings (SSSR count). The van der Waals surface area contributed by atoms with Crippen molar-refractivity contribution in [2.24, 2.45) is 0 Å². The van der Waals surface area contributed by atoms with Gasteiger partial charge in [-0.3, -0.25) is 9.13 Å². The predicted octanol–water partition coefficient (Wildman–Crippen LogP) is 2.49. The lowest BCUT2D eigenvalue weighted by atomic mass is 10.1. The molecule has 0 unspecified atom stereocenters. The third-order valence-electron chi connectivity index (χ3n) is 4.55. The largest absolute Gasteiger partial charge is 0.381 e. The van der Waals surface area contributed by atoms with E-state index in [0.29, 0.717) is 31.0 Å². The fourth-order valence-electron chi connectivity index (χ4n) is 3.07. The van der Waals surface area contributed by atoms with Gasteiger partial charge in [-0.1, -0.05) is 31.2 Å². The van der Waals surface area contributed by atoms with Gasteiger partial charge in [0.1, 0.15) is 12.2 Å². The molecule has 0 bridgehead atoms. The normalized spacial score (nSPS) is 16.5. The van der Waals surface area contributed by atoms with E-state index >= 15 is 0 Å². The Bertz CT molecular complexity index is 839. The number of nitrogens with zero attached hydrogens (tertiary/aromatic N) is 4. The third kappa shape index (κ3) is 4.11. The Labute approximate surface area is 158 Å². The van der Waals surface area contributed by atoms with Gasteiger partial charge in [0.05, 0.1) is 0 Å². The number of imidazole rings is 1. The van der Waals surface area contributed by atoms with Crippen molar-refractivity contribution in [1.82, 2.24) is 19.1 Å². The van der Waals surface area contributed by atoms with Gasteiger partial charge in [-0.15, -0.1) is 0 Å². The number of ether oxygens (including phenoxy) is 2. The zero-order valence-electron chi connectivity index (χ0n) is 15.5. The molecule has 0 atom stereocenters. The van der Waals surface area contributed by atoms with Crippen LogP contribution in [0.15, 0.2) is 4.79 Å². The van der Waals surface area contributed by atoms with Crippen LogP contribution in [0.5, 0.6) is 0 Å². The molecule has 1 fully saturated rings. The number of hydrogen-bond donors (Lipinski definition) is 1. The topological polar surface area (TPSA) is 97.2 Å². The average molecular weight is 400 g/mol. The Morgan fingerprint density at radius 3 is 2.65 bits per heavy atom. The summed E-state index contributed by atoms with van der Waals surface area (Å²) in [5.74, 6) is 0.0557. The van der Waals surface area contributed by atoms with Crippen molar-refractivity contribution in [3.63, 3.8) is 0 Å². The molecular formula is C16H26ClN5O3Si. The van der Waals surface area contributed by atoms with Crippen LogP contribution < -0.4 is 11.4 Å². The minimum Gasteiger partial charge on any atom is -0.381 e. The van der Waals surface area contributed by atoms with Gasteiger partial charge in [0.15, 0.2) is 10.8 Å². The summed E-state index contributed by atoms with van der Waals surface area (Å²) in [5.41, 5.74) is 6.52. The summed E-state index contributed by atoms with van der Waals surface area (Å²) < 4.78 is 14.4. The molecule has 1 aliphatic rings. The van der Waals surface area contributed by atoms with Crippen molar-refractivity contribution in [2.45, 2.75) is 51.3 Å². The average Bonchev–Trinajstić information content (AvgIpc) is 2.83. The van der Waals surface area contributed by atoms with Crippen molar-refractivity contribution in [1.29, 1.82) is 0 Å². The minimum atomic E-state index is -1.20. The van der Waals surface area contributed by atoms with Crippen molar-refractivity contribution in [2.75, 3.05) is 25.6 Å². The van der Waals surface area contributed by atoms with Gasteiger partial charge in [0.25, 0.3) is 0 Å². The van der Waals surface area contributed by atoms with E-state index in [9.17, 15) is 4.79 Å². The van der Waals surface area contributed by atoms with Crippen LogP contribution in [-0.2, 0) is 16.2 Å². The lowest BCUT2D eigenvalue weighted by molar-refractivity contribution is 0.0669. The molecule has 0 aliphatic carbocycles. The molecule has 0 spiro atoms. The standard InChI is InChI=1S/C16H26ClN5O3Si/c1-26(2,3)9-8-25-10-21-12-13(17)19-15(18)20-14(12)22(16(21)23)11-4-6-24-7-5-11/h11H,4-10H2,1-3H3,(H2,18,19,20). The highest BCUT2D eigenvalue weighted by molar-refractivity contribution is 6.76. The smallest absolute Gasteiger partial charge is 0.332 e. The molecule has 8 nitrogen and oxygen atoms in total. The van der Waals surface area contributed by atoms with Gasteiger partial charge in [0, 0.05) is 33.9 Å². The Morgan fingerprint density at radius 2 is 2.00 bits per heavy atom. The molecule has 0 saturated carbocycles.